The summed E-state index contributed by atoms with van der Waals surface area (Å²) in [5, 5.41) is 0. The van der Waals surface area contributed by atoms with E-state index in [0.29, 0.717) is 18.1 Å². The van der Waals surface area contributed by atoms with Crippen LogP contribution in [-0.4, -0.2) is 29.7 Å². The van der Waals surface area contributed by atoms with Crippen LogP contribution in [0.4, 0.5) is 0 Å². The highest BCUT2D eigenvalue weighted by molar-refractivity contribution is 5.89. The van der Waals surface area contributed by atoms with Crippen molar-refractivity contribution in [3.63, 3.8) is 0 Å². The average molecular weight is 236 g/mol. The summed E-state index contributed by atoms with van der Waals surface area (Å²) in [5.41, 5.74) is 6.09. The standard InChI is InChI=1S/C12H16N2O3/c1-2-16-12(15)8-3-4-11(14-7-8)17-10-5-9(13)6-10/h3-4,7,9-10H,2,5-6,13H2,1H3. The van der Waals surface area contributed by atoms with Crippen molar-refractivity contribution in [3.8, 4) is 5.88 Å². The summed E-state index contributed by atoms with van der Waals surface area (Å²) < 4.78 is 10.4. The van der Waals surface area contributed by atoms with Gasteiger partial charge in [0.15, 0.2) is 0 Å². The minimum atomic E-state index is -0.364. The SMILES string of the molecule is CCOC(=O)c1ccc(OC2CC(N)C2)nc1. The van der Waals surface area contributed by atoms with Crippen LogP contribution in [0.5, 0.6) is 5.88 Å². The molecule has 0 unspecified atom stereocenters. The number of hydrogen-bond donors (Lipinski definition) is 1. The highest BCUT2D eigenvalue weighted by Gasteiger charge is 2.27. The number of nitrogens with two attached hydrogens (primary N) is 1. The molecule has 92 valence electrons. The molecule has 0 atom stereocenters. The second kappa shape index (κ2) is 5.14. The summed E-state index contributed by atoms with van der Waals surface area (Å²) in [4.78, 5) is 15.4. The van der Waals surface area contributed by atoms with Crippen LogP contribution >= 0.6 is 0 Å². The summed E-state index contributed by atoms with van der Waals surface area (Å²) in [5.74, 6) is 0.159. The summed E-state index contributed by atoms with van der Waals surface area (Å²) in [6.07, 6.45) is 3.35. The van der Waals surface area contributed by atoms with E-state index in [0.717, 1.165) is 12.8 Å². The topological polar surface area (TPSA) is 74.4 Å². The summed E-state index contributed by atoms with van der Waals surface area (Å²) in [7, 11) is 0. The number of hydrogen-bond acceptors (Lipinski definition) is 5. The first-order valence-corrected chi connectivity index (χ1v) is 5.74. The van der Waals surface area contributed by atoms with E-state index in [1.54, 1.807) is 19.1 Å². The van der Waals surface area contributed by atoms with Crippen LogP contribution in [0.2, 0.25) is 0 Å². The molecule has 1 heterocycles. The second-order valence-electron chi connectivity index (χ2n) is 4.08. The Morgan fingerprint density at radius 2 is 2.29 bits per heavy atom. The predicted molar refractivity (Wildman–Crippen MR) is 61.8 cm³/mol. The van der Waals surface area contributed by atoms with E-state index >= 15 is 0 Å². The fourth-order valence-corrected chi connectivity index (χ4v) is 1.66. The van der Waals surface area contributed by atoms with E-state index in [-0.39, 0.29) is 18.1 Å². The molecule has 2 N–H and O–H groups in total. The zero-order chi connectivity index (χ0) is 12.3. The average Bonchev–Trinajstić information content (AvgIpc) is 2.28. The van der Waals surface area contributed by atoms with Crippen molar-refractivity contribution in [2.24, 2.45) is 5.73 Å². The van der Waals surface area contributed by atoms with Crippen molar-refractivity contribution in [2.45, 2.75) is 31.9 Å². The van der Waals surface area contributed by atoms with Crippen LogP contribution in [0.15, 0.2) is 18.3 Å². The highest BCUT2D eigenvalue weighted by Crippen LogP contribution is 2.23. The lowest BCUT2D eigenvalue weighted by Gasteiger charge is -2.32. The minimum absolute atomic E-state index is 0.158. The molecule has 1 aliphatic rings. The predicted octanol–water partition coefficient (Wildman–Crippen LogP) is 1.13. The minimum Gasteiger partial charge on any atom is -0.474 e. The van der Waals surface area contributed by atoms with Crippen molar-refractivity contribution < 1.29 is 14.3 Å². The normalized spacial score (nSPS) is 22.7. The van der Waals surface area contributed by atoms with Gasteiger partial charge in [-0.3, -0.25) is 0 Å². The molecule has 0 saturated heterocycles. The third kappa shape index (κ3) is 2.94. The molecule has 0 spiro atoms. The Balaban J connectivity index is 1.91. The van der Waals surface area contributed by atoms with Gasteiger partial charge in [0, 0.05) is 18.3 Å². The molecule has 5 heteroatoms. The lowest BCUT2D eigenvalue weighted by molar-refractivity contribution is 0.0525. The largest absolute Gasteiger partial charge is 0.474 e. The third-order valence-electron chi connectivity index (χ3n) is 2.67. The molecule has 1 aromatic rings. The highest BCUT2D eigenvalue weighted by atomic mass is 16.5. The number of nitrogens with zero attached hydrogens (tertiary/aromatic N) is 1. The molecule has 0 aromatic carbocycles. The Morgan fingerprint density at radius 3 is 2.82 bits per heavy atom. The van der Waals surface area contributed by atoms with Gasteiger partial charge < -0.3 is 15.2 Å². The molecule has 5 nitrogen and oxygen atoms in total. The number of ether oxygens (including phenoxy) is 2. The van der Waals surface area contributed by atoms with Gasteiger partial charge in [0.25, 0.3) is 0 Å². The fourth-order valence-electron chi connectivity index (χ4n) is 1.66. The zero-order valence-corrected chi connectivity index (χ0v) is 9.76. The first-order valence-electron chi connectivity index (χ1n) is 5.74. The quantitative estimate of drug-likeness (QED) is 0.793. The maximum atomic E-state index is 11.4. The molecule has 1 saturated carbocycles. The Bertz CT molecular complexity index is 385. The molecular formula is C12H16N2O3. The molecule has 1 aromatic heterocycles. The maximum Gasteiger partial charge on any atom is 0.339 e. The van der Waals surface area contributed by atoms with Gasteiger partial charge in [0.05, 0.1) is 12.2 Å². The monoisotopic (exact) mass is 236 g/mol. The Kier molecular flexibility index (Phi) is 3.58. The maximum absolute atomic E-state index is 11.4. The van der Waals surface area contributed by atoms with Gasteiger partial charge in [0.2, 0.25) is 5.88 Å². The molecule has 1 aliphatic carbocycles. The summed E-state index contributed by atoms with van der Waals surface area (Å²) >= 11 is 0. The first-order chi connectivity index (χ1) is 8.19. The van der Waals surface area contributed by atoms with Crippen molar-refractivity contribution in [1.82, 2.24) is 4.98 Å². The van der Waals surface area contributed by atoms with E-state index in [9.17, 15) is 4.79 Å². The van der Waals surface area contributed by atoms with Gasteiger partial charge in [-0.2, -0.15) is 0 Å². The number of pyridine rings is 1. The van der Waals surface area contributed by atoms with E-state index < -0.39 is 0 Å². The van der Waals surface area contributed by atoms with E-state index in [2.05, 4.69) is 4.98 Å². The van der Waals surface area contributed by atoms with E-state index in [1.165, 1.54) is 6.20 Å². The van der Waals surface area contributed by atoms with E-state index in [4.69, 9.17) is 15.2 Å². The molecule has 1 fully saturated rings. The Morgan fingerprint density at radius 1 is 1.53 bits per heavy atom. The number of carbonyl (C=O) groups excluding carboxylic acids is 1. The number of carbonyl (C=O) groups is 1. The molecule has 0 radical (unpaired) electrons. The van der Waals surface area contributed by atoms with Crippen molar-refractivity contribution in [3.05, 3.63) is 23.9 Å². The van der Waals surface area contributed by atoms with Crippen LogP contribution in [0.1, 0.15) is 30.1 Å². The third-order valence-corrected chi connectivity index (χ3v) is 2.67. The Hall–Kier alpha value is -1.62. The van der Waals surface area contributed by atoms with Gasteiger partial charge in [-0.05, 0) is 25.8 Å². The van der Waals surface area contributed by atoms with Gasteiger partial charge in [0.1, 0.15) is 6.10 Å². The summed E-state index contributed by atoms with van der Waals surface area (Å²) in [6, 6.07) is 3.58. The number of rotatable bonds is 4. The van der Waals surface area contributed by atoms with Gasteiger partial charge in [-0.1, -0.05) is 0 Å². The number of esters is 1. The summed E-state index contributed by atoms with van der Waals surface area (Å²) in [6.45, 7) is 2.12. The molecule has 0 amide bonds. The van der Waals surface area contributed by atoms with Gasteiger partial charge in [-0.25, -0.2) is 9.78 Å². The fraction of sp³-hybridized carbons (Fsp3) is 0.500. The smallest absolute Gasteiger partial charge is 0.339 e. The van der Waals surface area contributed by atoms with Crippen LogP contribution in [0.3, 0.4) is 0 Å². The van der Waals surface area contributed by atoms with Crippen molar-refractivity contribution >= 4 is 5.97 Å². The molecule has 2 rings (SSSR count). The number of aromatic nitrogens is 1. The van der Waals surface area contributed by atoms with Gasteiger partial charge in [-0.15, -0.1) is 0 Å². The molecule has 0 aliphatic heterocycles. The van der Waals surface area contributed by atoms with Crippen molar-refractivity contribution in [2.75, 3.05) is 6.61 Å². The second-order valence-corrected chi connectivity index (χ2v) is 4.08. The molecular weight excluding hydrogens is 220 g/mol. The first kappa shape index (κ1) is 11.9. The van der Waals surface area contributed by atoms with Crippen LogP contribution in [-0.2, 0) is 4.74 Å². The van der Waals surface area contributed by atoms with Crippen LogP contribution < -0.4 is 10.5 Å². The van der Waals surface area contributed by atoms with Crippen molar-refractivity contribution in [1.29, 1.82) is 0 Å². The Labute approximate surface area is 99.9 Å². The van der Waals surface area contributed by atoms with E-state index in [1.807, 2.05) is 0 Å². The lowest BCUT2D eigenvalue weighted by atomic mass is 9.90. The lowest BCUT2D eigenvalue weighted by Crippen LogP contribution is -2.43. The molecule has 0 bridgehead atoms. The van der Waals surface area contributed by atoms with Crippen LogP contribution in [0.25, 0.3) is 0 Å². The van der Waals surface area contributed by atoms with Gasteiger partial charge >= 0.3 is 5.97 Å². The zero-order valence-electron chi connectivity index (χ0n) is 9.76. The molecule has 17 heavy (non-hydrogen) atoms. The van der Waals surface area contributed by atoms with Crippen LogP contribution in [0, 0.1) is 0 Å².